The van der Waals surface area contributed by atoms with Crippen molar-refractivity contribution in [3.05, 3.63) is 78.1 Å². The van der Waals surface area contributed by atoms with Crippen LogP contribution in [0, 0.1) is 24.0 Å². The van der Waals surface area contributed by atoms with Gasteiger partial charge in [-0.15, -0.1) is 0 Å². The Morgan fingerprint density at radius 2 is 1.84 bits per heavy atom. The molecule has 0 unspecified atom stereocenters. The van der Waals surface area contributed by atoms with Gasteiger partial charge in [-0.1, -0.05) is 11.3 Å². The lowest BCUT2D eigenvalue weighted by Crippen LogP contribution is -2.22. The van der Waals surface area contributed by atoms with Gasteiger partial charge in [0.15, 0.2) is 4.96 Å². The average molecular weight is 351 g/mol. The van der Waals surface area contributed by atoms with Gasteiger partial charge in [-0.25, -0.2) is 9.38 Å². The van der Waals surface area contributed by atoms with Gasteiger partial charge in [0.05, 0.1) is 20.5 Å². The molecule has 0 saturated carbocycles. The molecule has 0 aliphatic heterocycles. The summed E-state index contributed by atoms with van der Waals surface area (Å²) in [7, 11) is 0. The van der Waals surface area contributed by atoms with Gasteiger partial charge >= 0.3 is 0 Å². The normalized spacial score (nSPS) is 12.3. The van der Waals surface area contributed by atoms with Crippen LogP contribution in [0.25, 0.3) is 22.1 Å². The first kappa shape index (κ1) is 15.5. The maximum absolute atomic E-state index is 12.8. The highest BCUT2D eigenvalue weighted by atomic mass is 32.1. The van der Waals surface area contributed by atoms with E-state index in [-0.39, 0.29) is 11.2 Å². The third kappa shape index (κ3) is 2.49. The van der Waals surface area contributed by atoms with Crippen molar-refractivity contribution in [1.82, 2.24) is 9.38 Å². The Hall–Kier alpha value is -3.06. The molecule has 0 radical (unpaired) electrons. The van der Waals surface area contributed by atoms with Gasteiger partial charge in [-0.05, 0) is 60.9 Å². The SMILES string of the molecule is Cc1cc2nc3sc(=Cc4ccc([N+](=O)[O-])cc4)c(=O)n3c2cc1C. The van der Waals surface area contributed by atoms with Crippen molar-refractivity contribution >= 4 is 39.1 Å². The average Bonchev–Trinajstić information content (AvgIpc) is 3.05. The van der Waals surface area contributed by atoms with E-state index >= 15 is 0 Å². The number of nitro groups is 1. The molecular weight excluding hydrogens is 338 g/mol. The molecule has 25 heavy (non-hydrogen) atoms. The third-order valence-electron chi connectivity index (χ3n) is 4.26. The Kier molecular flexibility index (Phi) is 3.40. The van der Waals surface area contributed by atoms with Crippen LogP contribution >= 0.6 is 11.3 Å². The zero-order valence-electron chi connectivity index (χ0n) is 13.5. The van der Waals surface area contributed by atoms with Crippen LogP contribution in [0.5, 0.6) is 0 Å². The van der Waals surface area contributed by atoms with Gasteiger partial charge in [0.1, 0.15) is 0 Å². The van der Waals surface area contributed by atoms with Gasteiger partial charge in [-0.3, -0.25) is 14.9 Å². The molecule has 0 amide bonds. The number of non-ortho nitro benzene ring substituents is 1. The minimum Gasteiger partial charge on any atom is -0.267 e. The molecule has 0 N–H and O–H groups in total. The monoisotopic (exact) mass is 351 g/mol. The lowest BCUT2D eigenvalue weighted by molar-refractivity contribution is -0.384. The summed E-state index contributed by atoms with van der Waals surface area (Å²) in [5, 5.41) is 10.7. The van der Waals surface area contributed by atoms with Crippen molar-refractivity contribution in [2.75, 3.05) is 0 Å². The number of nitrogens with zero attached hydrogens (tertiary/aromatic N) is 3. The molecule has 0 bridgehead atoms. The smallest absolute Gasteiger partial charge is 0.267 e. The number of hydrogen-bond donors (Lipinski definition) is 0. The molecule has 0 aliphatic rings. The van der Waals surface area contributed by atoms with E-state index in [1.54, 1.807) is 22.6 Å². The Bertz CT molecular complexity index is 1250. The molecule has 0 atom stereocenters. The maximum atomic E-state index is 12.8. The highest BCUT2D eigenvalue weighted by Gasteiger charge is 2.12. The van der Waals surface area contributed by atoms with Crippen LogP contribution in [0.3, 0.4) is 0 Å². The third-order valence-corrected chi connectivity index (χ3v) is 5.22. The van der Waals surface area contributed by atoms with Gasteiger partial charge in [0.2, 0.25) is 0 Å². The molecule has 0 saturated heterocycles. The first-order valence-electron chi connectivity index (χ1n) is 7.62. The summed E-state index contributed by atoms with van der Waals surface area (Å²) in [6, 6.07) is 10.1. The number of aromatic nitrogens is 2. The molecule has 0 spiro atoms. The minimum absolute atomic E-state index is 0.0253. The highest BCUT2D eigenvalue weighted by molar-refractivity contribution is 7.15. The standard InChI is InChI=1S/C18H13N3O3S/c1-10-7-14-15(8-11(10)2)20-17(22)16(25-18(20)19-14)9-12-3-5-13(6-4-12)21(23)24/h3-9H,1-2H3. The summed E-state index contributed by atoms with van der Waals surface area (Å²) < 4.78 is 2.18. The number of aryl methyl sites for hydroxylation is 2. The van der Waals surface area contributed by atoms with E-state index < -0.39 is 4.92 Å². The molecule has 0 fully saturated rings. The molecule has 2 heterocycles. The van der Waals surface area contributed by atoms with Gasteiger partial charge in [-0.2, -0.15) is 0 Å². The molecule has 6 nitrogen and oxygen atoms in total. The molecule has 2 aromatic carbocycles. The lowest BCUT2D eigenvalue weighted by atomic mass is 10.1. The van der Waals surface area contributed by atoms with Crippen LogP contribution < -0.4 is 10.1 Å². The summed E-state index contributed by atoms with van der Waals surface area (Å²) in [6.45, 7) is 4.03. The maximum Gasteiger partial charge on any atom is 0.274 e. The van der Waals surface area contributed by atoms with Crippen LogP contribution in [0.2, 0.25) is 0 Å². The van der Waals surface area contributed by atoms with E-state index in [0.29, 0.717) is 9.49 Å². The number of nitro benzene ring substituents is 1. The fourth-order valence-corrected chi connectivity index (χ4v) is 3.75. The second kappa shape index (κ2) is 5.49. The minimum atomic E-state index is -0.446. The first-order valence-corrected chi connectivity index (χ1v) is 8.44. The highest BCUT2D eigenvalue weighted by Crippen LogP contribution is 2.20. The molecule has 7 heteroatoms. The number of hydrogen-bond acceptors (Lipinski definition) is 5. The topological polar surface area (TPSA) is 77.5 Å². The number of benzene rings is 2. The predicted molar refractivity (Wildman–Crippen MR) is 98.2 cm³/mol. The van der Waals surface area contributed by atoms with Crippen molar-refractivity contribution in [2.45, 2.75) is 13.8 Å². The summed E-state index contributed by atoms with van der Waals surface area (Å²) in [4.78, 5) is 28.2. The fraction of sp³-hybridized carbons (Fsp3) is 0.111. The van der Waals surface area contributed by atoms with E-state index in [4.69, 9.17) is 0 Å². The van der Waals surface area contributed by atoms with Crippen LogP contribution in [-0.4, -0.2) is 14.3 Å². The van der Waals surface area contributed by atoms with E-state index in [1.807, 2.05) is 26.0 Å². The summed E-state index contributed by atoms with van der Waals surface area (Å²) in [5.41, 5.74) is 4.52. The lowest BCUT2D eigenvalue weighted by Gasteiger charge is -1.98. The van der Waals surface area contributed by atoms with Crippen molar-refractivity contribution in [3.63, 3.8) is 0 Å². The van der Waals surface area contributed by atoms with Crippen LogP contribution in [0.1, 0.15) is 16.7 Å². The van der Waals surface area contributed by atoms with Crippen LogP contribution in [0.4, 0.5) is 5.69 Å². The summed E-state index contributed by atoms with van der Waals surface area (Å²) >= 11 is 1.32. The van der Waals surface area contributed by atoms with E-state index in [2.05, 4.69) is 4.98 Å². The van der Waals surface area contributed by atoms with Gasteiger partial charge in [0.25, 0.3) is 11.2 Å². The number of fused-ring (bicyclic) bond motifs is 3. The Balaban J connectivity index is 1.91. The first-order chi connectivity index (χ1) is 11.9. The van der Waals surface area contributed by atoms with Crippen molar-refractivity contribution in [2.24, 2.45) is 0 Å². The molecule has 2 aromatic heterocycles. The van der Waals surface area contributed by atoms with Gasteiger partial charge in [0, 0.05) is 12.1 Å². The van der Waals surface area contributed by atoms with Gasteiger partial charge < -0.3 is 0 Å². The Morgan fingerprint density at radius 1 is 1.16 bits per heavy atom. The van der Waals surface area contributed by atoms with E-state index in [9.17, 15) is 14.9 Å². The molecule has 4 rings (SSSR count). The predicted octanol–water partition coefficient (Wildman–Crippen LogP) is 2.98. The largest absolute Gasteiger partial charge is 0.274 e. The van der Waals surface area contributed by atoms with Crippen LogP contribution in [0.15, 0.2) is 41.2 Å². The van der Waals surface area contributed by atoms with Crippen molar-refractivity contribution < 1.29 is 4.92 Å². The summed E-state index contributed by atoms with van der Waals surface area (Å²) in [5.74, 6) is 0. The quantitative estimate of drug-likeness (QED) is 0.411. The zero-order valence-corrected chi connectivity index (χ0v) is 14.3. The molecular formula is C18H13N3O3S. The zero-order chi connectivity index (χ0) is 17.7. The van der Waals surface area contributed by atoms with Crippen molar-refractivity contribution in [3.8, 4) is 0 Å². The second-order valence-electron chi connectivity index (χ2n) is 5.92. The number of imidazole rings is 1. The van der Waals surface area contributed by atoms with E-state index in [0.717, 1.165) is 27.7 Å². The number of thiazole rings is 1. The second-order valence-corrected chi connectivity index (χ2v) is 6.93. The Labute approximate surface area is 145 Å². The van der Waals surface area contributed by atoms with E-state index in [1.165, 1.54) is 23.5 Å². The van der Waals surface area contributed by atoms with Crippen molar-refractivity contribution in [1.29, 1.82) is 0 Å². The number of rotatable bonds is 2. The Morgan fingerprint density at radius 3 is 2.52 bits per heavy atom. The fourth-order valence-electron chi connectivity index (χ4n) is 2.76. The van der Waals surface area contributed by atoms with Crippen LogP contribution in [-0.2, 0) is 0 Å². The molecule has 0 aliphatic carbocycles. The summed E-state index contributed by atoms with van der Waals surface area (Å²) in [6.07, 6.45) is 1.73. The molecule has 4 aromatic rings. The molecule has 124 valence electrons.